The number of amides is 1. The molecule has 1 saturated heterocycles. The van der Waals surface area contributed by atoms with Gasteiger partial charge in [-0.25, -0.2) is 4.79 Å². The van der Waals surface area contributed by atoms with Gasteiger partial charge in [0, 0.05) is 13.1 Å². The smallest absolute Gasteiger partial charge is 0.410 e. The van der Waals surface area contributed by atoms with Crippen molar-refractivity contribution in [2.75, 3.05) is 19.7 Å². The average molecular weight is 269 g/mol. The summed E-state index contributed by atoms with van der Waals surface area (Å²) in [5.41, 5.74) is -0.474. The number of hydrogen-bond acceptors (Lipinski definition) is 4. The van der Waals surface area contributed by atoms with Crippen LogP contribution in [0.25, 0.3) is 0 Å². The normalized spacial score (nSPS) is 29.5. The van der Waals surface area contributed by atoms with Gasteiger partial charge in [-0.05, 0) is 46.0 Å². The standard InChI is InChI=1S/C14H23NO4/c1-5-18-12(16)11-9-6-7-15(8-10(9)11)13(17)19-14(2,3)4/h9-11H,5-8H2,1-4H3. The number of likely N-dealkylation sites (tertiary alicyclic amines) is 1. The zero-order valence-electron chi connectivity index (χ0n) is 12.1. The Bertz CT molecular complexity index is 374. The number of nitrogens with zero attached hydrogens (tertiary/aromatic N) is 1. The van der Waals surface area contributed by atoms with Crippen molar-refractivity contribution in [1.29, 1.82) is 0 Å². The lowest BCUT2D eigenvalue weighted by Gasteiger charge is -2.29. The van der Waals surface area contributed by atoms with Crippen LogP contribution in [0.1, 0.15) is 34.1 Å². The molecule has 5 nitrogen and oxygen atoms in total. The Kier molecular flexibility index (Phi) is 3.74. The molecule has 1 saturated carbocycles. The first-order valence-electron chi connectivity index (χ1n) is 6.98. The number of carbonyl (C=O) groups excluding carboxylic acids is 2. The van der Waals surface area contributed by atoms with E-state index in [1.54, 1.807) is 4.90 Å². The van der Waals surface area contributed by atoms with Gasteiger partial charge in [-0.1, -0.05) is 0 Å². The van der Waals surface area contributed by atoms with E-state index in [0.717, 1.165) is 6.42 Å². The van der Waals surface area contributed by atoms with Crippen LogP contribution in [0.3, 0.4) is 0 Å². The predicted molar refractivity (Wildman–Crippen MR) is 69.5 cm³/mol. The molecule has 1 amide bonds. The SMILES string of the molecule is CCOC(=O)C1C2CCN(C(=O)OC(C)(C)C)CC21. The summed E-state index contributed by atoms with van der Waals surface area (Å²) in [6, 6.07) is 0. The van der Waals surface area contributed by atoms with Crippen LogP contribution >= 0.6 is 0 Å². The van der Waals surface area contributed by atoms with E-state index in [1.807, 2.05) is 27.7 Å². The van der Waals surface area contributed by atoms with E-state index >= 15 is 0 Å². The van der Waals surface area contributed by atoms with Gasteiger partial charge in [-0.2, -0.15) is 0 Å². The summed E-state index contributed by atoms with van der Waals surface area (Å²) in [4.78, 5) is 25.4. The number of esters is 1. The predicted octanol–water partition coefficient (Wildman–Crippen LogP) is 2.05. The van der Waals surface area contributed by atoms with Crippen molar-refractivity contribution >= 4 is 12.1 Å². The van der Waals surface area contributed by atoms with Crippen molar-refractivity contribution in [3.63, 3.8) is 0 Å². The minimum atomic E-state index is -0.474. The summed E-state index contributed by atoms with van der Waals surface area (Å²) in [5, 5.41) is 0. The largest absolute Gasteiger partial charge is 0.466 e. The molecule has 19 heavy (non-hydrogen) atoms. The first-order chi connectivity index (χ1) is 8.83. The van der Waals surface area contributed by atoms with Gasteiger partial charge >= 0.3 is 12.1 Å². The van der Waals surface area contributed by atoms with Crippen LogP contribution in [0.15, 0.2) is 0 Å². The second-order valence-corrected chi connectivity index (χ2v) is 6.32. The van der Waals surface area contributed by atoms with Crippen LogP contribution in [0, 0.1) is 17.8 Å². The number of ether oxygens (including phenoxy) is 2. The van der Waals surface area contributed by atoms with Crippen LogP contribution in [0.2, 0.25) is 0 Å². The van der Waals surface area contributed by atoms with Crippen molar-refractivity contribution in [2.24, 2.45) is 17.8 Å². The highest BCUT2D eigenvalue weighted by Crippen LogP contribution is 2.52. The molecular weight excluding hydrogens is 246 g/mol. The van der Waals surface area contributed by atoms with Gasteiger partial charge in [-0.15, -0.1) is 0 Å². The highest BCUT2D eigenvalue weighted by molar-refractivity contribution is 5.77. The number of fused-ring (bicyclic) bond motifs is 1. The second-order valence-electron chi connectivity index (χ2n) is 6.32. The summed E-state index contributed by atoms with van der Waals surface area (Å²) in [5.74, 6) is 0.550. The van der Waals surface area contributed by atoms with E-state index in [2.05, 4.69) is 0 Å². The third-order valence-electron chi connectivity index (χ3n) is 3.71. The van der Waals surface area contributed by atoms with E-state index in [1.165, 1.54) is 0 Å². The Labute approximate surface area is 114 Å². The molecule has 0 spiro atoms. The van der Waals surface area contributed by atoms with E-state index in [4.69, 9.17) is 9.47 Å². The Morgan fingerprint density at radius 1 is 1.26 bits per heavy atom. The van der Waals surface area contributed by atoms with Gasteiger partial charge < -0.3 is 14.4 Å². The molecule has 2 fully saturated rings. The zero-order chi connectivity index (χ0) is 14.2. The molecule has 3 unspecified atom stereocenters. The Hall–Kier alpha value is -1.26. The van der Waals surface area contributed by atoms with E-state index in [0.29, 0.717) is 25.6 Å². The topological polar surface area (TPSA) is 55.8 Å². The molecule has 5 heteroatoms. The molecule has 0 aromatic rings. The molecule has 3 atom stereocenters. The van der Waals surface area contributed by atoms with E-state index in [9.17, 15) is 9.59 Å². The average Bonchev–Trinajstić information content (AvgIpc) is 2.99. The molecule has 0 aromatic carbocycles. The third-order valence-corrected chi connectivity index (χ3v) is 3.71. The fourth-order valence-corrected chi connectivity index (χ4v) is 2.82. The maximum atomic E-state index is 12.0. The van der Waals surface area contributed by atoms with Crippen LogP contribution in [0.4, 0.5) is 4.79 Å². The molecular formula is C14H23NO4. The third kappa shape index (κ3) is 3.19. The number of hydrogen-bond donors (Lipinski definition) is 0. The van der Waals surface area contributed by atoms with Crippen LogP contribution in [-0.2, 0) is 14.3 Å². The minimum absolute atomic E-state index is 0.00705. The van der Waals surface area contributed by atoms with Crippen LogP contribution < -0.4 is 0 Å². The number of rotatable bonds is 2. The van der Waals surface area contributed by atoms with Crippen LogP contribution in [-0.4, -0.2) is 42.3 Å². The fraction of sp³-hybridized carbons (Fsp3) is 0.857. The molecule has 0 N–H and O–H groups in total. The van der Waals surface area contributed by atoms with Gasteiger partial charge in [0.25, 0.3) is 0 Å². The summed E-state index contributed by atoms with van der Waals surface area (Å²) < 4.78 is 10.4. The summed E-state index contributed by atoms with van der Waals surface area (Å²) in [6.07, 6.45) is 0.591. The lowest BCUT2D eigenvalue weighted by molar-refractivity contribution is -0.145. The van der Waals surface area contributed by atoms with E-state index < -0.39 is 5.60 Å². The maximum absolute atomic E-state index is 12.0. The van der Waals surface area contributed by atoms with Crippen molar-refractivity contribution in [2.45, 2.75) is 39.7 Å². The maximum Gasteiger partial charge on any atom is 0.410 e. The Balaban J connectivity index is 1.87. The molecule has 2 aliphatic rings. The van der Waals surface area contributed by atoms with Crippen LogP contribution in [0.5, 0.6) is 0 Å². The fourth-order valence-electron chi connectivity index (χ4n) is 2.82. The molecule has 0 bridgehead atoms. The molecule has 1 aliphatic heterocycles. The van der Waals surface area contributed by atoms with Gasteiger partial charge in [0.2, 0.25) is 0 Å². The first kappa shape index (κ1) is 14.2. The quantitative estimate of drug-likeness (QED) is 0.720. The summed E-state index contributed by atoms with van der Waals surface area (Å²) in [6.45, 7) is 9.10. The monoisotopic (exact) mass is 269 g/mol. The van der Waals surface area contributed by atoms with E-state index in [-0.39, 0.29) is 23.9 Å². The number of piperidine rings is 1. The molecule has 108 valence electrons. The van der Waals surface area contributed by atoms with Crippen molar-refractivity contribution in [1.82, 2.24) is 4.90 Å². The zero-order valence-corrected chi connectivity index (χ0v) is 12.1. The highest BCUT2D eigenvalue weighted by Gasteiger charge is 2.58. The summed E-state index contributed by atoms with van der Waals surface area (Å²) in [7, 11) is 0. The lowest BCUT2D eigenvalue weighted by atomic mass is 10.1. The minimum Gasteiger partial charge on any atom is -0.466 e. The molecule has 2 rings (SSSR count). The van der Waals surface area contributed by atoms with Crippen molar-refractivity contribution < 1.29 is 19.1 Å². The Morgan fingerprint density at radius 2 is 1.95 bits per heavy atom. The molecule has 0 aromatic heterocycles. The van der Waals surface area contributed by atoms with Gasteiger partial charge in [-0.3, -0.25) is 4.79 Å². The number of carbonyl (C=O) groups is 2. The Morgan fingerprint density at radius 3 is 2.53 bits per heavy atom. The molecule has 1 heterocycles. The van der Waals surface area contributed by atoms with Crippen molar-refractivity contribution in [3.8, 4) is 0 Å². The molecule has 0 radical (unpaired) electrons. The van der Waals surface area contributed by atoms with Crippen molar-refractivity contribution in [3.05, 3.63) is 0 Å². The highest BCUT2D eigenvalue weighted by atomic mass is 16.6. The van der Waals surface area contributed by atoms with Gasteiger partial charge in [0.05, 0.1) is 12.5 Å². The summed E-state index contributed by atoms with van der Waals surface area (Å²) >= 11 is 0. The molecule has 1 aliphatic carbocycles. The second kappa shape index (κ2) is 5.02. The van der Waals surface area contributed by atoms with Gasteiger partial charge in [0.1, 0.15) is 5.60 Å². The first-order valence-corrected chi connectivity index (χ1v) is 6.98. The lowest BCUT2D eigenvalue weighted by Crippen LogP contribution is -2.40. The van der Waals surface area contributed by atoms with Gasteiger partial charge in [0.15, 0.2) is 0 Å².